The van der Waals surface area contributed by atoms with Crippen molar-refractivity contribution in [2.45, 2.75) is 32.4 Å². The first-order valence-corrected chi connectivity index (χ1v) is 11.5. The van der Waals surface area contributed by atoms with E-state index in [1.807, 2.05) is 60.7 Å². The van der Waals surface area contributed by atoms with Gasteiger partial charge in [0, 0.05) is 11.9 Å². The number of para-hydroxylation sites is 1. The van der Waals surface area contributed by atoms with E-state index in [1.165, 1.54) is 0 Å². The molecule has 5 rings (SSSR count). The number of aliphatic hydroxyl groups excluding tert-OH is 1. The quantitative estimate of drug-likeness (QED) is 0.614. The fraction of sp³-hybridized carbons (Fsp3) is 0.370. The van der Waals surface area contributed by atoms with Gasteiger partial charge in [-0.15, -0.1) is 0 Å². The van der Waals surface area contributed by atoms with E-state index < -0.39 is 12.1 Å². The molecule has 0 spiro atoms. The number of carbonyl (C=O) groups is 2. The number of hydrogen-bond donors (Lipinski definition) is 2. The zero-order valence-corrected chi connectivity index (χ0v) is 18.9. The molecule has 1 aromatic heterocycles. The molecule has 2 aromatic carbocycles. The molecule has 1 saturated heterocycles. The number of benzene rings is 2. The molecule has 2 amide bonds. The van der Waals surface area contributed by atoms with Crippen molar-refractivity contribution in [1.29, 1.82) is 0 Å². The van der Waals surface area contributed by atoms with Crippen molar-refractivity contribution in [3.05, 3.63) is 78.0 Å². The van der Waals surface area contributed by atoms with Crippen molar-refractivity contribution in [3.63, 3.8) is 0 Å². The van der Waals surface area contributed by atoms with Gasteiger partial charge in [0.05, 0.1) is 18.2 Å². The van der Waals surface area contributed by atoms with Crippen molar-refractivity contribution in [2.24, 2.45) is 17.3 Å². The standard InChI is InChI=1S/C27H29N3O3/c1-27(2)20-15-30(26(33)22-13-12-18-10-6-7-11-21(18)29-22)24(23(20)27)25(32)28-19(16-31)14-17-8-4-3-5-9-17/h3-13,19-20,23-24,31H,14-16H2,1-2H3,(H,28,32)/t19-,20+,23+,24+/m1/s1. The number of nitrogens with zero attached hydrogens (tertiary/aromatic N) is 2. The van der Waals surface area contributed by atoms with Crippen LogP contribution >= 0.6 is 0 Å². The van der Waals surface area contributed by atoms with Crippen molar-refractivity contribution >= 4 is 22.7 Å². The van der Waals surface area contributed by atoms with Crippen molar-refractivity contribution in [3.8, 4) is 0 Å². The second-order valence-corrected chi connectivity index (χ2v) is 9.82. The maximum Gasteiger partial charge on any atom is 0.273 e. The van der Waals surface area contributed by atoms with E-state index in [0.717, 1.165) is 16.5 Å². The Labute approximate surface area is 193 Å². The summed E-state index contributed by atoms with van der Waals surface area (Å²) in [7, 11) is 0. The lowest BCUT2D eigenvalue weighted by Gasteiger charge is -2.31. The molecule has 0 radical (unpaired) electrons. The number of hydrogen-bond acceptors (Lipinski definition) is 4. The van der Waals surface area contributed by atoms with Crippen LogP contribution in [-0.2, 0) is 11.2 Å². The van der Waals surface area contributed by atoms with Crippen LogP contribution < -0.4 is 5.32 Å². The molecule has 2 fully saturated rings. The van der Waals surface area contributed by atoms with Gasteiger partial charge < -0.3 is 15.3 Å². The average Bonchev–Trinajstić information content (AvgIpc) is 3.17. The van der Waals surface area contributed by atoms with Crippen molar-refractivity contribution in [2.75, 3.05) is 13.2 Å². The summed E-state index contributed by atoms with van der Waals surface area (Å²) in [4.78, 5) is 33.2. The predicted octanol–water partition coefficient (Wildman–Crippen LogP) is 3.05. The highest BCUT2D eigenvalue weighted by Gasteiger charge is 2.69. The van der Waals surface area contributed by atoms with Gasteiger partial charge in [-0.2, -0.15) is 0 Å². The Hall–Kier alpha value is -3.25. The highest BCUT2D eigenvalue weighted by atomic mass is 16.3. The van der Waals surface area contributed by atoms with E-state index in [9.17, 15) is 14.7 Å². The Morgan fingerprint density at radius 2 is 1.82 bits per heavy atom. The fourth-order valence-corrected chi connectivity index (χ4v) is 5.47. The maximum absolute atomic E-state index is 13.5. The molecule has 1 aliphatic carbocycles. The number of rotatable bonds is 6. The van der Waals surface area contributed by atoms with Crippen LogP contribution in [0, 0.1) is 17.3 Å². The SMILES string of the molecule is CC1(C)[C@@H]2[C@@H](C(=O)N[C@@H](CO)Cc3ccccc3)N(C(=O)c3ccc4ccccc4n3)C[C@@H]21. The molecule has 2 N–H and O–H groups in total. The summed E-state index contributed by atoms with van der Waals surface area (Å²) in [6.07, 6.45) is 0.535. The Kier molecular flexibility index (Phi) is 5.41. The van der Waals surface area contributed by atoms with E-state index in [1.54, 1.807) is 11.0 Å². The minimum atomic E-state index is -0.560. The third kappa shape index (κ3) is 3.89. The second-order valence-electron chi connectivity index (χ2n) is 9.82. The van der Waals surface area contributed by atoms with Gasteiger partial charge in [0.2, 0.25) is 5.91 Å². The van der Waals surface area contributed by atoms with E-state index in [0.29, 0.717) is 24.6 Å². The monoisotopic (exact) mass is 443 g/mol. The van der Waals surface area contributed by atoms with Gasteiger partial charge in [0.1, 0.15) is 11.7 Å². The van der Waals surface area contributed by atoms with Crippen LogP contribution in [0.1, 0.15) is 29.9 Å². The molecule has 0 bridgehead atoms. The van der Waals surface area contributed by atoms with Crippen molar-refractivity contribution in [1.82, 2.24) is 15.2 Å². The number of piperidine rings is 1. The minimum Gasteiger partial charge on any atom is -0.394 e. The highest BCUT2D eigenvalue weighted by Crippen LogP contribution is 2.65. The van der Waals surface area contributed by atoms with Crippen LogP contribution in [0.2, 0.25) is 0 Å². The second kappa shape index (κ2) is 8.27. The predicted molar refractivity (Wildman–Crippen MR) is 126 cm³/mol. The molecule has 6 nitrogen and oxygen atoms in total. The van der Waals surface area contributed by atoms with E-state index in [2.05, 4.69) is 24.1 Å². The van der Waals surface area contributed by atoms with Gasteiger partial charge in [-0.05, 0) is 41.4 Å². The van der Waals surface area contributed by atoms with Gasteiger partial charge in [0.25, 0.3) is 5.91 Å². The van der Waals surface area contributed by atoms with Gasteiger partial charge in [-0.1, -0.05) is 68.4 Å². The highest BCUT2D eigenvalue weighted by molar-refractivity contribution is 5.99. The zero-order chi connectivity index (χ0) is 23.2. The van der Waals surface area contributed by atoms with E-state index in [4.69, 9.17) is 0 Å². The summed E-state index contributed by atoms with van der Waals surface area (Å²) < 4.78 is 0. The molecular weight excluding hydrogens is 414 g/mol. The molecule has 170 valence electrons. The number of pyridine rings is 1. The van der Waals surface area contributed by atoms with Crippen molar-refractivity contribution < 1.29 is 14.7 Å². The molecule has 4 atom stereocenters. The first-order chi connectivity index (χ1) is 15.9. The number of likely N-dealkylation sites (tertiary alicyclic amines) is 1. The summed E-state index contributed by atoms with van der Waals surface area (Å²) in [5.41, 5.74) is 2.18. The molecule has 33 heavy (non-hydrogen) atoms. The van der Waals surface area contributed by atoms with Gasteiger partial charge >= 0.3 is 0 Å². The molecular formula is C27H29N3O3. The number of aromatic nitrogens is 1. The largest absolute Gasteiger partial charge is 0.394 e. The summed E-state index contributed by atoms with van der Waals surface area (Å²) >= 11 is 0. The molecule has 2 heterocycles. The summed E-state index contributed by atoms with van der Waals surface area (Å²) in [5, 5.41) is 13.9. The average molecular weight is 444 g/mol. The molecule has 0 unspecified atom stereocenters. The lowest BCUT2D eigenvalue weighted by atomic mass is 9.99. The molecule has 1 saturated carbocycles. The van der Waals surface area contributed by atoms with Gasteiger partial charge in [-0.25, -0.2) is 4.98 Å². The number of carbonyl (C=O) groups excluding carboxylic acids is 2. The zero-order valence-electron chi connectivity index (χ0n) is 18.9. The van der Waals surface area contributed by atoms with Crippen LogP contribution in [0.15, 0.2) is 66.7 Å². The number of fused-ring (bicyclic) bond motifs is 2. The van der Waals surface area contributed by atoms with E-state index in [-0.39, 0.29) is 29.8 Å². The Morgan fingerprint density at radius 3 is 2.58 bits per heavy atom. The van der Waals surface area contributed by atoms with E-state index >= 15 is 0 Å². The normalized spacial score (nSPS) is 23.7. The fourth-order valence-electron chi connectivity index (χ4n) is 5.47. The Morgan fingerprint density at radius 1 is 1.09 bits per heavy atom. The van der Waals surface area contributed by atoms with Crippen LogP contribution in [0.25, 0.3) is 10.9 Å². The van der Waals surface area contributed by atoms with Crippen LogP contribution in [0.4, 0.5) is 0 Å². The molecule has 2 aliphatic rings. The Balaban J connectivity index is 1.37. The van der Waals surface area contributed by atoms with Crippen LogP contribution in [-0.4, -0.2) is 52.0 Å². The third-order valence-corrected chi connectivity index (χ3v) is 7.45. The third-order valence-electron chi connectivity index (χ3n) is 7.45. The topological polar surface area (TPSA) is 82.5 Å². The first-order valence-electron chi connectivity index (χ1n) is 11.5. The first kappa shape index (κ1) is 21.6. The summed E-state index contributed by atoms with van der Waals surface area (Å²) in [6, 6.07) is 20.1. The minimum absolute atomic E-state index is 0.0176. The lowest BCUT2D eigenvalue weighted by Crippen LogP contribution is -2.53. The molecule has 3 aromatic rings. The molecule has 1 aliphatic heterocycles. The number of nitrogens with one attached hydrogen (secondary N) is 1. The van der Waals surface area contributed by atoms with Gasteiger partial charge in [0.15, 0.2) is 0 Å². The Bertz CT molecular complexity index is 1190. The lowest BCUT2D eigenvalue weighted by molar-refractivity contribution is -0.127. The number of amides is 2. The van der Waals surface area contributed by atoms with Gasteiger partial charge in [-0.3, -0.25) is 9.59 Å². The summed E-state index contributed by atoms with van der Waals surface area (Å²) in [5.74, 6) is -0.0120. The number of aliphatic hydroxyl groups is 1. The summed E-state index contributed by atoms with van der Waals surface area (Å²) in [6.45, 7) is 4.70. The molecule has 6 heteroatoms. The van der Waals surface area contributed by atoms with Crippen LogP contribution in [0.3, 0.4) is 0 Å². The maximum atomic E-state index is 13.5. The van der Waals surface area contributed by atoms with Crippen LogP contribution in [0.5, 0.6) is 0 Å². The smallest absolute Gasteiger partial charge is 0.273 e.